The van der Waals surface area contributed by atoms with E-state index < -0.39 is 0 Å². The highest BCUT2D eigenvalue weighted by Crippen LogP contribution is 2.20. The van der Waals surface area contributed by atoms with Crippen molar-refractivity contribution >= 4 is 44.9 Å². The Bertz CT molecular complexity index is 807. The van der Waals surface area contributed by atoms with Gasteiger partial charge in [0.2, 0.25) is 0 Å². The quantitative estimate of drug-likeness (QED) is 0.630. The van der Waals surface area contributed by atoms with E-state index in [0.29, 0.717) is 5.82 Å². The molecule has 0 aromatic carbocycles. The molecule has 7 nitrogen and oxygen atoms in total. The highest BCUT2D eigenvalue weighted by atomic mass is 127. The molecule has 0 radical (unpaired) electrons. The molecule has 9 heteroatoms. The van der Waals surface area contributed by atoms with Crippen LogP contribution in [0, 0.1) is 3.70 Å². The minimum atomic E-state index is 0.673. The van der Waals surface area contributed by atoms with Gasteiger partial charge < -0.3 is 10.3 Å². The van der Waals surface area contributed by atoms with Crippen molar-refractivity contribution in [1.82, 2.24) is 29.1 Å². The number of hydrogen-bond acceptors (Lipinski definition) is 6. The van der Waals surface area contributed by atoms with E-state index in [-0.39, 0.29) is 0 Å². The first-order chi connectivity index (χ1) is 10.7. The molecule has 3 rings (SSSR count). The van der Waals surface area contributed by atoms with Crippen LogP contribution >= 0.6 is 34.1 Å². The maximum Gasteiger partial charge on any atom is 0.163 e. The Morgan fingerprint density at radius 3 is 2.91 bits per heavy atom. The summed E-state index contributed by atoms with van der Waals surface area (Å²) < 4.78 is 6.55. The molecule has 0 aliphatic heterocycles. The van der Waals surface area contributed by atoms with Crippen LogP contribution in [0.5, 0.6) is 0 Å². The van der Waals surface area contributed by atoms with Crippen LogP contribution < -0.4 is 5.32 Å². The summed E-state index contributed by atoms with van der Waals surface area (Å²) in [5, 5.41) is 8.29. The van der Waals surface area contributed by atoms with E-state index >= 15 is 0 Å². The number of hydrogen-bond donors (Lipinski definition) is 2. The van der Waals surface area contributed by atoms with Crippen molar-refractivity contribution in [3.63, 3.8) is 0 Å². The number of aromatic nitrogens is 6. The first kappa shape index (κ1) is 14.9. The zero-order valence-corrected chi connectivity index (χ0v) is 14.5. The monoisotopic (exact) mass is 425 g/mol. The molecule has 0 amide bonds. The standard InChI is InChI=1S/C13H12IN7S/c1-21-8-9(6-18-21)10-7-17-12(14)13(16-5-4-15-10)20-11-2-3-19-22-11/h2-8,15H,1H3,(H,16,20). The Labute approximate surface area is 144 Å². The van der Waals surface area contributed by atoms with Crippen LogP contribution in [0.3, 0.4) is 0 Å². The highest BCUT2D eigenvalue weighted by molar-refractivity contribution is 14.1. The van der Waals surface area contributed by atoms with Crippen LogP contribution in [-0.2, 0) is 7.05 Å². The molecule has 3 aromatic heterocycles. The van der Waals surface area contributed by atoms with E-state index in [0.717, 1.165) is 20.0 Å². The van der Waals surface area contributed by atoms with Crippen LogP contribution in [0.15, 0.2) is 43.2 Å². The van der Waals surface area contributed by atoms with E-state index in [2.05, 4.69) is 52.3 Å². The lowest BCUT2D eigenvalue weighted by Crippen LogP contribution is -1.93. The predicted molar refractivity (Wildman–Crippen MR) is 94.3 cm³/mol. The Morgan fingerprint density at radius 2 is 2.18 bits per heavy atom. The van der Waals surface area contributed by atoms with Crippen LogP contribution in [0.1, 0.15) is 0 Å². The van der Waals surface area contributed by atoms with E-state index in [4.69, 9.17) is 0 Å². The molecule has 0 spiro atoms. The molecule has 0 saturated heterocycles. The molecule has 112 valence electrons. The summed E-state index contributed by atoms with van der Waals surface area (Å²) in [6.07, 6.45) is 10.7. The van der Waals surface area contributed by atoms with Gasteiger partial charge in [-0.3, -0.25) is 4.68 Å². The SMILES string of the molecule is Cn1cc(-c2cnc(I)c(Nc3ccns3)ncc[nH]2)cn1. The van der Waals surface area contributed by atoms with Gasteiger partial charge in [0.15, 0.2) is 5.82 Å². The minimum Gasteiger partial charge on any atom is -0.358 e. The van der Waals surface area contributed by atoms with Crippen molar-refractivity contribution in [1.29, 1.82) is 0 Å². The van der Waals surface area contributed by atoms with Gasteiger partial charge in [0.1, 0.15) is 8.70 Å². The second-order valence-electron chi connectivity index (χ2n) is 4.30. The summed E-state index contributed by atoms with van der Waals surface area (Å²) in [5.41, 5.74) is 1.81. The zero-order chi connectivity index (χ0) is 15.4. The maximum absolute atomic E-state index is 4.47. The Kier molecular flexibility index (Phi) is 4.63. The lowest BCUT2D eigenvalue weighted by molar-refractivity contribution is 0.768. The van der Waals surface area contributed by atoms with Crippen molar-refractivity contribution in [3.8, 4) is 11.3 Å². The summed E-state index contributed by atoms with van der Waals surface area (Å²) >= 11 is 3.52. The fourth-order valence-corrected chi connectivity index (χ4v) is 2.62. The highest BCUT2D eigenvalue weighted by Gasteiger charge is 2.03. The molecule has 0 unspecified atom stereocenters. The third kappa shape index (κ3) is 3.60. The molecule has 22 heavy (non-hydrogen) atoms. The molecule has 2 N–H and O–H groups in total. The lowest BCUT2D eigenvalue weighted by atomic mass is 10.3. The Hall–Kier alpha value is -2.01. The third-order valence-corrected chi connectivity index (χ3v) is 4.17. The van der Waals surface area contributed by atoms with Crippen molar-refractivity contribution < 1.29 is 0 Å². The average molecular weight is 425 g/mol. The summed E-state index contributed by atoms with van der Waals surface area (Å²) in [4.78, 5) is 12.0. The van der Waals surface area contributed by atoms with Crippen molar-refractivity contribution in [2.45, 2.75) is 0 Å². The van der Waals surface area contributed by atoms with Crippen LogP contribution in [0.25, 0.3) is 11.3 Å². The molecule has 0 bridgehead atoms. The molecule has 0 aliphatic carbocycles. The summed E-state index contributed by atoms with van der Waals surface area (Å²) in [6, 6.07) is 1.89. The van der Waals surface area contributed by atoms with Gasteiger partial charge in [-0.25, -0.2) is 9.97 Å². The average Bonchev–Trinajstić information content (AvgIpc) is 3.16. The fraction of sp³-hybridized carbons (Fsp3) is 0.0769. The number of nitrogens with one attached hydrogen (secondary N) is 2. The maximum atomic E-state index is 4.47. The minimum absolute atomic E-state index is 0.673. The van der Waals surface area contributed by atoms with Gasteiger partial charge in [0, 0.05) is 37.4 Å². The second-order valence-corrected chi connectivity index (χ2v) is 6.16. The van der Waals surface area contributed by atoms with Gasteiger partial charge in [0.05, 0.1) is 18.1 Å². The van der Waals surface area contributed by atoms with Gasteiger partial charge >= 0.3 is 0 Å². The number of nitrogens with zero attached hydrogens (tertiary/aromatic N) is 5. The number of halogens is 1. The molecule has 0 fully saturated rings. The Balaban J connectivity index is 2.00. The lowest BCUT2D eigenvalue weighted by Gasteiger charge is -2.00. The summed E-state index contributed by atoms with van der Waals surface area (Å²) in [5.74, 6) is 0.673. The molecule has 3 heterocycles. The van der Waals surface area contributed by atoms with Gasteiger partial charge in [-0.2, -0.15) is 9.47 Å². The van der Waals surface area contributed by atoms with Crippen LogP contribution in [-0.4, -0.2) is 29.1 Å². The van der Waals surface area contributed by atoms with Gasteiger partial charge in [0.25, 0.3) is 0 Å². The number of aryl methyl sites for hydroxylation is 1. The number of H-pyrrole nitrogens is 1. The van der Waals surface area contributed by atoms with Crippen LogP contribution in [0.2, 0.25) is 0 Å². The van der Waals surface area contributed by atoms with E-state index in [1.165, 1.54) is 11.5 Å². The molecule has 0 atom stereocenters. The largest absolute Gasteiger partial charge is 0.358 e. The number of anilines is 2. The summed E-state index contributed by atoms with van der Waals surface area (Å²) in [6.45, 7) is 0. The zero-order valence-electron chi connectivity index (χ0n) is 11.6. The Morgan fingerprint density at radius 1 is 1.27 bits per heavy atom. The normalized spacial score (nSPS) is 10.3. The molecule has 3 aromatic rings. The first-order valence-corrected chi connectivity index (χ1v) is 8.17. The van der Waals surface area contributed by atoms with E-state index in [1.54, 1.807) is 35.7 Å². The fourth-order valence-electron chi connectivity index (χ4n) is 1.71. The van der Waals surface area contributed by atoms with Gasteiger partial charge in [-0.1, -0.05) is 0 Å². The van der Waals surface area contributed by atoms with Crippen molar-refractivity contribution in [2.75, 3.05) is 5.32 Å². The smallest absolute Gasteiger partial charge is 0.163 e. The van der Waals surface area contributed by atoms with Crippen molar-refractivity contribution in [2.24, 2.45) is 7.05 Å². The van der Waals surface area contributed by atoms with E-state index in [1.807, 2.05) is 19.3 Å². The number of rotatable bonds is 3. The van der Waals surface area contributed by atoms with Crippen molar-refractivity contribution in [3.05, 3.63) is 46.9 Å². The molecule has 0 saturated carbocycles. The predicted octanol–water partition coefficient (Wildman–Crippen LogP) is 3.13. The summed E-state index contributed by atoms with van der Waals surface area (Å²) in [7, 11) is 1.88. The molecular formula is C13H12IN7S. The van der Waals surface area contributed by atoms with Gasteiger partial charge in [-0.15, -0.1) is 0 Å². The van der Waals surface area contributed by atoms with Gasteiger partial charge in [-0.05, 0) is 40.2 Å². The third-order valence-electron chi connectivity index (χ3n) is 2.71. The van der Waals surface area contributed by atoms with Crippen LogP contribution in [0.4, 0.5) is 10.8 Å². The number of aromatic amines is 1. The van der Waals surface area contributed by atoms with E-state index in [9.17, 15) is 0 Å². The first-order valence-electron chi connectivity index (χ1n) is 6.32. The molecular weight excluding hydrogens is 413 g/mol. The molecule has 0 aliphatic rings. The topological polar surface area (TPSA) is 84.3 Å². The second kappa shape index (κ2) is 6.83.